The van der Waals surface area contributed by atoms with E-state index in [1.165, 1.54) is 5.56 Å². The molecule has 94 valence electrons. The van der Waals surface area contributed by atoms with Crippen molar-refractivity contribution in [1.82, 2.24) is 0 Å². The van der Waals surface area contributed by atoms with Crippen LogP contribution in [-0.4, -0.2) is 29.6 Å². The number of ether oxygens (including phenoxy) is 1. The van der Waals surface area contributed by atoms with Crippen molar-refractivity contribution in [2.45, 2.75) is 32.0 Å². The Labute approximate surface area is 101 Å². The number of benzene rings is 1. The molecule has 2 N–H and O–H groups in total. The maximum absolute atomic E-state index is 10.1. The van der Waals surface area contributed by atoms with Crippen LogP contribution in [-0.2, 0) is 9.53 Å². The molecule has 0 saturated heterocycles. The Balaban J connectivity index is 2.85. The fourth-order valence-electron chi connectivity index (χ4n) is 1.64. The predicted octanol–water partition coefficient (Wildman–Crippen LogP) is 1.38. The number of aliphatic hydroxyl groups excluding tert-OH is 2. The van der Waals surface area contributed by atoms with Crippen LogP contribution < -0.4 is 0 Å². The van der Waals surface area contributed by atoms with E-state index in [2.05, 4.69) is 18.6 Å². The molecule has 0 spiro atoms. The summed E-state index contributed by atoms with van der Waals surface area (Å²) < 4.78 is 4.44. The first-order valence-electron chi connectivity index (χ1n) is 5.58. The van der Waals surface area contributed by atoms with Gasteiger partial charge in [-0.25, -0.2) is 0 Å². The van der Waals surface area contributed by atoms with E-state index in [9.17, 15) is 15.0 Å². The van der Waals surface area contributed by atoms with Gasteiger partial charge in [0.1, 0.15) is 0 Å². The number of hydrogen-bond donors (Lipinski definition) is 2. The Morgan fingerprint density at radius 3 is 2.18 bits per heavy atom. The van der Waals surface area contributed by atoms with Gasteiger partial charge in [0.05, 0.1) is 12.5 Å². The van der Waals surface area contributed by atoms with Gasteiger partial charge in [-0.1, -0.05) is 38.1 Å². The standard InChI is InChI=1S/C13H18O4/c1-9(2)10-3-5-11(6-4-10)12(7-14)13(16)17-8-15/h3-6,8-9,12-14,16H,7H2,1-2H3. The van der Waals surface area contributed by atoms with Crippen LogP contribution in [0.15, 0.2) is 24.3 Å². The van der Waals surface area contributed by atoms with Crippen LogP contribution in [0, 0.1) is 0 Å². The highest BCUT2D eigenvalue weighted by atomic mass is 16.6. The topological polar surface area (TPSA) is 66.8 Å². The van der Waals surface area contributed by atoms with Crippen LogP contribution in [0.2, 0.25) is 0 Å². The molecule has 0 radical (unpaired) electrons. The molecule has 4 heteroatoms. The zero-order chi connectivity index (χ0) is 12.8. The Bertz CT molecular complexity index is 345. The van der Waals surface area contributed by atoms with Crippen molar-refractivity contribution in [3.8, 4) is 0 Å². The molecule has 0 amide bonds. The second-order valence-corrected chi connectivity index (χ2v) is 4.23. The highest BCUT2D eigenvalue weighted by Crippen LogP contribution is 2.22. The van der Waals surface area contributed by atoms with Crippen molar-refractivity contribution in [3.05, 3.63) is 35.4 Å². The van der Waals surface area contributed by atoms with E-state index in [0.717, 1.165) is 5.56 Å². The summed E-state index contributed by atoms with van der Waals surface area (Å²) in [5.74, 6) is -0.186. The fourth-order valence-corrected chi connectivity index (χ4v) is 1.64. The number of carbonyl (C=O) groups is 1. The lowest BCUT2D eigenvalue weighted by molar-refractivity contribution is -0.157. The molecule has 0 saturated carbocycles. The molecule has 2 atom stereocenters. The SMILES string of the molecule is CC(C)c1ccc(C(CO)C(O)OC=O)cc1. The quantitative estimate of drug-likeness (QED) is 0.580. The van der Waals surface area contributed by atoms with Crippen LogP contribution in [0.1, 0.15) is 36.8 Å². The zero-order valence-corrected chi connectivity index (χ0v) is 10.0. The first-order chi connectivity index (χ1) is 8.10. The predicted molar refractivity (Wildman–Crippen MR) is 63.5 cm³/mol. The summed E-state index contributed by atoms with van der Waals surface area (Å²) in [6.45, 7) is 4.07. The average Bonchev–Trinajstić information content (AvgIpc) is 2.31. The zero-order valence-electron chi connectivity index (χ0n) is 10.0. The number of hydrogen-bond acceptors (Lipinski definition) is 4. The van der Waals surface area contributed by atoms with E-state index in [0.29, 0.717) is 5.92 Å². The Morgan fingerprint density at radius 2 is 1.76 bits per heavy atom. The molecule has 17 heavy (non-hydrogen) atoms. The van der Waals surface area contributed by atoms with Crippen LogP contribution in [0.5, 0.6) is 0 Å². The highest BCUT2D eigenvalue weighted by Gasteiger charge is 2.21. The fraction of sp³-hybridized carbons (Fsp3) is 0.462. The number of carbonyl (C=O) groups excluding carboxylic acids is 1. The van der Waals surface area contributed by atoms with Gasteiger partial charge >= 0.3 is 0 Å². The van der Waals surface area contributed by atoms with E-state index in [-0.39, 0.29) is 13.1 Å². The Morgan fingerprint density at radius 1 is 1.24 bits per heavy atom. The minimum Gasteiger partial charge on any atom is -0.437 e. The number of rotatable bonds is 6. The molecule has 0 aromatic heterocycles. The van der Waals surface area contributed by atoms with Crippen molar-refractivity contribution in [3.63, 3.8) is 0 Å². The molecule has 0 fully saturated rings. The highest BCUT2D eigenvalue weighted by molar-refractivity contribution is 5.38. The van der Waals surface area contributed by atoms with Gasteiger partial charge in [0.25, 0.3) is 6.47 Å². The van der Waals surface area contributed by atoms with E-state index < -0.39 is 12.2 Å². The lowest BCUT2D eigenvalue weighted by Crippen LogP contribution is -2.24. The third kappa shape index (κ3) is 3.54. The summed E-state index contributed by atoms with van der Waals surface area (Å²) in [5.41, 5.74) is 1.92. The summed E-state index contributed by atoms with van der Waals surface area (Å²) >= 11 is 0. The van der Waals surface area contributed by atoms with Crippen molar-refractivity contribution in [2.24, 2.45) is 0 Å². The molecule has 1 aromatic rings. The van der Waals surface area contributed by atoms with Crippen LogP contribution >= 0.6 is 0 Å². The third-order valence-electron chi connectivity index (χ3n) is 2.77. The second-order valence-electron chi connectivity index (χ2n) is 4.23. The molecule has 0 heterocycles. The van der Waals surface area contributed by atoms with Crippen LogP contribution in [0.3, 0.4) is 0 Å². The maximum atomic E-state index is 10.1. The number of aliphatic hydroxyl groups is 2. The Kier molecular flexibility index (Phi) is 5.12. The molecule has 0 aliphatic heterocycles. The molecule has 1 aromatic carbocycles. The van der Waals surface area contributed by atoms with Crippen LogP contribution in [0.25, 0.3) is 0 Å². The van der Waals surface area contributed by atoms with Gasteiger partial charge in [-0.2, -0.15) is 0 Å². The molecule has 1 rings (SSSR count). The first kappa shape index (κ1) is 13.7. The summed E-state index contributed by atoms with van der Waals surface area (Å²) in [7, 11) is 0. The monoisotopic (exact) mass is 238 g/mol. The first-order valence-corrected chi connectivity index (χ1v) is 5.58. The van der Waals surface area contributed by atoms with Crippen LogP contribution in [0.4, 0.5) is 0 Å². The summed E-state index contributed by atoms with van der Waals surface area (Å²) in [6, 6.07) is 7.54. The molecule has 0 aliphatic carbocycles. The minimum absolute atomic E-state index is 0.176. The van der Waals surface area contributed by atoms with Crippen molar-refractivity contribution in [1.29, 1.82) is 0 Å². The largest absolute Gasteiger partial charge is 0.437 e. The normalized spacial score (nSPS) is 14.4. The van der Waals surface area contributed by atoms with Crippen molar-refractivity contribution >= 4 is 6.47 Å². The summed E-state index contributed by atoms with van der Waals surface area (Å²) in [4.78, 5) is 10.1. The maximum Gasteiger partial charge on any atom is 0.295 e. The molecule has 0 bridgehead atoms. The lowest BCUT2D eigenvalue weighted by Gasteiger charge is -2.20. The van der Waals surface area contributed by atoms with E-state index in [1.807, 2.05) is 24.3 Å². The van der Waals surface area contributed by atoms with Crippen molar-refractivity contribution < 1.29 is 19.7 Å². The van der Waals surface area contributed by atoms with E-state index in [4.69, 9.17) is 0 Å². The minimum atomic E-state index is -1.32. The molecule has 4 nitrogen and oxygen atoms in total. The van der Waals surface area contributed by atoms with Gasteiger partial charge in [0, 0.05) is 0 Å². The smallest absolute Gasteiger partial charge is 0.295 e. The summed E-state index contributed by atoms with van der Waals surface area (Å²) in [5, 5.41) is 18.7. The van der Waals surface area contributed by atoms with Gasteiger partial charge < -0.3 is 14.9 Å². The average molecular weight is 238 g/mol. The van der Waals surface area contributed by atoms with E-state index in [1.54, 1.807) is 0 Å². The Hall–Kier alpha value is -1.39. The molecule has 2 unspecified atom stereocenters. The summed E-state index contributed by atoms with van der Waals surface area (Å²) in [6.07, 6.45) is -1.32. The lowest BCUT2D eigenvalue weighted by atomic mass is 9.95. The second kappa shape index (κ2) is 6.37. The van der Waals surface area contributed by atoms with Gasteiger partial charge in [-0.05, 0) is 17.0 Å². The molecular formula is C13H18O4. The van der Waals surface area contributed by atoms with Gasteiger partial charge in [0.15, 0.2) is 0 Å². The van der Waals surface area contributed by atoms with Crippen molar-refractivity contribution in [2.75, 3.05) is 6.61 Å². The molecular weight excluding hydrogens is 220 g/mol. The van der Waals surface area contributed by atoms with Gasteiger partial charge in [-0.3, -0.25) is 4.79 Å². The van der Waals surface area contributed by atoms with E-state index >= 15 is 0 Å². The third-order valence-corrected chi connectivity index (χ3v) is 2.77. The molecule has 0 aliphatic rings. The van der Waals surface area contributed by atoms with Gasteiger partial charge in [0.2, 0.25) is 6.29 Å². The van der Waals surface area contributed by atoms with Gasteiger partial charge in [-0.15, -0.1) is 0 Å².